The van der Waals surface area contributed by atoms with Crippen molar-refractivity contribution in [2.45, 2.75) is 19.6 Å². The molecule has 0 aliphatic rings. The monoisotopic (exact) mass is 291 g/mol. The number of hydrogen-bond acceptors (Lipinski definition) is 3. The molecule has 3 nitrogen and oxygen atoms in total. The lowest BCUT2D eigenvalue weighted by atomic mass is 10.2. The lowest BCUT2D eigenvalue weighted by Gasteiger charge is -2.08. The molecule has 0 bridgehead atoms. The summed E-state index contributed by atoms with van der Waals surface area (Å²) in [5, 5.41) is 4.36. The Balaban J connectivity index is 2.50. The molecule has 86 valence electrons. The Morgan fingerprint density at radius 1 is 1.60 bits per heavy atom. The topological polar surface area (TPSA) is 43.8 Å². The minimum Gasteiger partial charge on any atom is -0.330 e. The molecule has 1 heterocycles. The van der Waals surface area contributed by atoms with E-state index in [9.17, 15) is 0 Å². The highest BCUT2D eigenvalue weighted by atomic mass is 79.9. The Bertz CT molecular complexity index is 325. The van der Waals surface area contributed by atoms with Crippen LogP contribution in [-0.4, -0.2) is 22.1 Å². The molecule has 0 aliphatic carbocycles. The predicted molar refractivity (Wildman–Crippen MR) is 70.0 cm³/mol. The molecule has 2 N–H and O–H groups in total. The summed E-state index contributed by atoms with van der Waals surface area (Å²) in [5.41, 5.74) is 7.88. The van der Waals surface area contributed by atoms with Crippen LogP contribution in [0, 0.1) is 12.8 Å². The fourth-order valence-electron chi connectivity index (χ4n) is 1.26. The SMILES string of the molecule is Cc1nn(C)c(CSCC(C)CN)c1Br. The summed E-state index contributed by atoms with van der Waals surface area (Å²) in [5.74, 6) is 2.68. The maximum absolute atomic E-state index is 5.58. The van der Waals surface area contributed by atoms with E-state index in [1.54, 1.807) is 0 Å². The molecular formula is C10H18BrN3S. The number of thioether (sulfide) groups is 1. The molecule has 0 aromatic carbocycles. The second-order valence-corrected chi connectivity index (χ2v) is 5.65. The first kappa shape index (κ1) is 13.1. The number of aryl methyl sites for hydroxylation is 2. The van der Waals surface area contributed by atoms with E-state index < -0.39 is 0 Å². The molecule has 0 spiro atoms. The Hall–Kier alpha value is -0.0000000000000000555. The molecule has 0 fully saturated rings. The quantitative estimate of drug-likeness (QED) is 0.905. The van der Waals surface area contributed by atoms with Crippen LogP contribution < -0.4 is 5.73 Å². The van der Waals surface area contributed by atoms with E-state index in [1.165, 1.54) is 5.69 Å². The van der Waals surface area contributed by atoms with Crippen molar-refractivity contribution in [3.63, 3.8) is 0 Å². The summed E-state index contributed by atoms with van der Waals surface area (Å²) in [6.07, 6.45) is 0. The normalized spacial score (nSPS) is 13.1. The van der Waals surface area contributed by atoms with Gasteiger partial charge in [-0.3, -0.25) is 4.68 Å². The van der Waals surface area contributed by atoms with Gasteiger partial charge in [0.25, 0.3) is 0 Å². The zero-order valence-corrected chi connectivity index (χ0v) is 11.9. The summed E-state index contributed by atoms with van der Waals surface area (Å²) >= 11 is 5.47. The van der Waals surface area contributed by atoms with Gasteiger partial charge in [-0.05, 0) is 41.1 Å². The second-order valence-electron chi connectivity index (χ2n) is 3.83. The molecule has 0 amide bonds. The molecule has 0 saturated heterocycles. The number of aromatic nitrogens is 2. The summed E-state index contributed by atoms with van der Waals surface area (Å²) in [4.78, 5) is 0. The third kappa shape index (κ3) is 3.50. The van der Waals surface area contributed by atoms with Gasteiger partial charge in [0.05, 0.1) is 15.9 Å². The zero-order valence-electron chi connectivity index (χ0n) is 9.46. The standard InChI is InChI=1S/C10H18BrN3S/c1-7(4-12)5-15-6-9-10(11)8(2)13-14(9)3/h7H,4-6,12H2,1-3H3. The maximum Gasteiger partial charge on any atom is 0.0738 e. The first-order valence-corrected chi connectivity index (χ1v) is 6.96. The fourth-order valence-corrected chi connectivity index (χ4v) is 3.10. The zero-order chi connectivity index (χ0) is 11.4. The largest absolute Gasteiger partial charge is 0.330 e. The van der Waals surface area contributed by atoms with Gasteiger partial charge in [-0.1, -0.05) is 6.92 Å². The van der Waals surface area contributed by atoms with Gasteiger partial charge in [0.1, 0.15) is 0 Å². The molecule has 1 rings (SSSR count). The van der Waals surface area contributed by atoms with Crippen LogP contribution in [-0.2, 0) is 12.8 Å². The number of halogens is 1. The van der Waals surface area contributed by atoms with Crippen LogP contribution >= 0.6 is 27.7 Å². The summed E-state index contributed by atoms with van der Waals surface area (Å²) in [7, 11) is 1.99. The number of nitrogens with zero attached hydrogens (tertiary/aromatic N) is 2. The fraction of sp³-hybridized carbons (Fsp3) is 0.700. The van der Waals surface area contributed by atoms with Gasteiger partial charge in [-0.15, -0.1) is 0 Å². The van der Waals surface area contributed by atoms with Gasteiger partial charge >= 0.3 is 0 Å². The molecule has 1 aromatic rings. The van der Waals surface area contributed by atoms with Crippen molar-refractivity contribution in [1.82, 2.24) is 9.78 Å². The lowest BCUT2D eigenvalue weighted by Crippen LogP contribution is -2.13. The van der Waals surface area contributed by atoms with Gasteiger partial charge in [0, 0.05) is 12.8 Å². The molecule has 5 heteroatoms. The van der Waals surface area contributed by atoms with Crippen molar-refractivity contribution in [1.29, 1.82) is 0 Å². The third-order valence-electron chi connectivity index (χ3n) is 2.31. The Morgan fingerprint density at radius 2 is 2.27 bits per heavy atom. The first-order chi connectivity index (χ1) is 7.06. The number of rotatable bonds is 5. The van der Waals surface area contributed by atoms with Gasteiger partial charge in [-0.2, -0.15) is 16.9 Å². The van der Waals surface area contributed by atoms with E-state index in [2.05, 4.69) is 28.0 Å². The van der Waals surface area contributed by atoms with E-state index in [0.717, 1.165) is 28.2 Å². The number of nitrogens with two attached hydrogens (primary N) is 1. The molecule has 15 heavy (non-hydrogen) atoms. The Kier molecular flexibility index (Phi) is 5.15. The summed E-state index contributed by atoms with van der Waals surface area (Å²) < 4.78 is 3.08. The average molecular weight is 292 g/mol. The molecule has 0 radical (unpaired) electrons. The Labute approximate surface area is 104 Å². The second kappa shape index (κ2) is 5.92. The van der Waals surface area contributed by atoms with Crippen LogP contribution in [0.3, 0.4) is 0 Å². The van der Waals surface area contributed by atoms with Crippen molar-refractivity contribution >= 4 is 27.7 Å². The van der Waals surface area contributed by atoms with E-state index >= 15 is 0 Å². The highest BCUT2D eigenvalue weighted by molar-refractivity contribution is 9.10. The van der Waals surface area contributed by atoms with Crippen LogP contribution in [0.5, 0.6) is 0 Å². The van der Waals surface area contributed by atoms with Crippen LogP contribution in [0.1, 0.15) is 18.3 Å². The highest BCUT2D eigenvalue weighted by Crippen LogP contribution is 2.24. The van der Waals surface area contributed by atoms with Gasteiger partial charge < -0.3 is 5.73 Å². The van der Waals surface area contributed by atoms with Gasteiger partial charge in [0.2, 0.25) is 0 Å². The van der Waals surface area contributed by atoms with E-state index in [1.807, 2.05) is 30.4 Å². The van der Waals surface area contributed by atoms with E-state index in [4.69, 9.17) is 5.73 Å². The molecule has 1 aromatic heterocycles. The summed E-state index contributed by atoms with van der Waals surface area (Å²) in [6.45, 7) is 4.95. The van der Waals surface area contributed by atoms with Crippen molar-refractivity contribution in [2.75, 3.05) is 12.3 Å². The van der Waals surface area contributed by atoms with Crippen LogP contribution in [0.15, 0.2) is 4.47 Å². The van der Waals surface area contributed by atoms with E-state index in [-0.39, 0.29) is 0 Å². The van der Waals surface area contributed by atoms with Crippen molar-refractivity contribution in [3.05, 3.63) is 15.9 Å². The lowest BCUT2D eigenvalue weighted by molar-refractivity contribution is 0.674. The minimum absolute atomic E-state index is 0.586. The van der Waals surface area contributed by atoms with Crippen molar-refractivity contribution in [3.8, 4) is 0 Å². The Morgan fingerprint density at radius 3 is 2.73 bits per heavy atom. The van der Waals surface area contributed by atoms with Crippen molar-refractivity contribution in [2.24, 2.45) is 18.7 Å². The van der Waals surface area contributed by atoms with Crippen LogP contribution in [0.25, 0.3) is 0 Å². The number of hydrogen-bond donors (Lipinski definition) is 1. The summed E-state index contributed by atoms with van der Waals surface area (Å²) in [6, 6.07) is 0. The molecule has 0 aliphatic heterocycles. The van der Waals surface area contributed by atoms with E-state index in [0.29, 0.717) is 5.92 Å². The molecule has 1 atom stereocenters. The van der Waals surface area contributed by atoms with Crippen LogP contribution in [0.4, 0.5) is 0 Å². The van der Waals surface area contributed by atoms with Gasteiger partial charge in [-0.25, -0.2) is 0 Å². The minimum atomic E-state index is 0.586. The smallest absolute Gasteiger partial charge is 0.0738 e. The van der Waals surface area contributed by atoms with Crippen LogP contribution in [0.2, 0.25) is 0 Å². The highest BCUT2D eigenvalue weighted by Gasteiger charge is 2.10. The maximum atomic E-state index is 5.58. The predicted octanol–water partition coefficient (Wildman–Crippen LogP) is 2.32. The molecule has 0 saturated carbocycles. The molecule has 1 unspecified atom stereocenters. The first-order valence-electron chi connectivity index (χ1n) is 5.02. The van der Waals surface area contributed by atoms with Gasteiger partial charge in [0.15, 0.2) is 0 Å². The third-order valence-corrected chi connectivity index (χ3v) is 4.62. The van der Waals surface area contributed by atoms with Crippen molar-refractivity contribution < 1.29 is 0 Å². The average Bonchev–Trinajstić information content (AvgIpc) is 2.44. The molecular weight excluding hydrogens is 274 g/mol.